The monoisotopic (exact) mass is 390 g/mol. The van der Waals surface area contributed by atoms with Crippen molar-refractivity contribution in [3.05, 3.63) is 23.8 Å². The van der Waals surface area contributed by atoms with Gasteiger partial charge in [0.2, 0.25) is 5.91 Å². The summed E-state index contributed by atoms with van der Waals surface area (Å²) in [7, 11) is -3.53. The van der Waals surface area contributed by atoms with Gasteiger partial charge in [0.25, 0.3) is 0 Å². The molecule has 1 heterocycles. The molecule has 0 aromatic heterocycles. The number of carbonyl (C=O) groups is 2. The van der Waals surface area contributed by atoms with Crippen molar-refractivity contribution in [2.75, 3.05) is 31.3 Å². The fourth-order valence-corrected chi connectivity index (χ4v) is 3.23. The molecule has 25 heavy (non-hydrogen) atoms. The Hall–Kier alpha value is -1.64. The maximum atomic E-state index is 12.3. The van der Waals surface area contributed by atoms with Crippen LogP contribution in [0.3, 0.4) is 0 Å². The number of piperidine rings is 1. The van der Waals surface area contributed by atoms with Crippen molar-refractivity contribution >= 4 is 39.8 Å². The average Bonchev–Trinajstić information content (AvgIpc) is 2.54. The first-order valence-electron chi connectivity index (χ1n) is 7.85. The van der Waals surface area contributed by atoms with Crippen LogP contribution in [-0.4, -0.2) is 46.2 Å². The van der Waals surface area contributed by atoms with Crippen molar-refractivity contribution in [1.29, 1.82) is 0 Å². The zero-order valence-corrected chi connectivity index (χ0v) is 15.8. The smallest absolute Gasteiger partial charge is 0.338 e. The molecule has 0 atom stereocenters. The molecular weight excluding hydrogens is 368 g/mol. The van der Waals surface area contributed by atoms with Gasteiger partial charge in [-0.05, 0) is 51.1 Å². The van der Waals surface area contributed by atoms with Gasteiger partial charge in [0.15, 0.2) is 9.84 Å². The fourth-order valence-electron chi connectivity index (χ4n) is 2.55. The van der Waals surface area contributed by atoms with E-state index in [4.69, 9.17) is 4.74 Å². The second-order valence-corrected chi connectivity index (χ2v) is 7.77. The van der Waals surface area contributed by atoms with Crippen molar-refractivity contribution in [2.24, 2.45) is 5.92 Å². The van der Waals surface area contributed by atoms with Crippen LogP contribution in [0.5, 0.6) is 0 Å². The second-order valence-electron chi connectivity index (χ2n) is 5.75. The summed E-state index contributed by atoms with van der Waals surface area (Å²) in [6, 6.07) is 4.05. The third-order valence-electron chi connectivity index (χ3n) is 3.82. The number of sulfone groups is 1. The summed E-state index contributed by atoms with van der Waals surface area (Å²) in [6.45, 7) is 3.39. The Kier molecular flexibility index (Phi) is 7.85. The number of rotatable bonds is 5. The molecule has 2 rings (SSSR count). The number of nitrogens with one attached hydrogen (secondary N) is 2. The summed E-state index contributed by atoms with van der Waals surface area (Å²) in [6.07, 6.45) is 2.50. The number of esters is 1. The molecule has 1 amide bonds. The summed E-state index contributed by atoms with van der Waals surface area (Å²) in [4.78, 5) is 24.2. The van der Waals surface area contributed by atoms with E-state index in [0.29, 0.717) is 0 Å². The van der Waals surface area contributed by atoms with Crippen LogP contribution in [0, 0.1) is 5.92 Å². The summed E-state index contributed by atoms with van der Waals surface area (Å²) >= 11 is 0. The normalized spacial score (nSPS) is 15.1. The van der Waals surface area contributed by atoms with E-state index in [2.05, 4.69) is 10.6 Å². The lowest BCUT2D eigenvalue weighted by Crippen LogP contribution is -2.34. The molecule has 1 aromatic rings. The summed E-state index contributed by atoms with van der Waals surface area (Å²) in [5.74, 6) is -0.920. The minimum atomic E-state index is -3.53. The Bertz CT molecular complexity index is 730. The number of ether oxygens (including phenoxy) is 1. The molecule has 1 aliphatic heterocycles. The first-order valence-corrected chi connectivity index (χ1v) is 9.74. The minimum Gasteiger partial charge on any atom is -0.462 e. The Morgan fingerprint density at radius 1 is 1.24 bits per heavy atom. The highest BCUT2D eigenvalue weighted by atomic mass is 35.5. The molecule has 1 fully saturated rings. The number of hydrogen-bond donors (Lipinski definition) is 2. The van der Waals surface area contributed by atoms with Crippen LogP contribution >= 0.6 is 12.4 Å². The molecule has 1 aromatic carbocycles. The van der Waals surface area contributed by atoms with E-state index in [0.717, 1.165) is 32.2 Å². The van der Waals surface area contributed by atoms with Gasteiger partial charge in [0.05, 0.1) is 17.1 Å². The van der Waals surface area contributed by atoms with Crippen LogP contribution in [0.25, 0.3) is 0 Å². The molecule has 0 radical (unpaired) electrons. The van der Waals surface area contributed by atoms with Gasteiger partial charge in [-0.25, -0.2) is 13.2 Å². The molecular formula is C16H23ClN2O5S. The molecule has 0 aliphatic carbocycles. The Balaban J connectivity index is 0.00000312. The molecule has 140 valence electrons. The van der Waals surface area contributed by atoms with E-state index in [1.54, 1.807) is 6.92 Å². The molecule has 9 heteroatoms. The molecule has 1 aliphatic rings. The molecule has 7 nitrogen and oxygen atoms in total. The lowest BCUT2D eigenvalue weighted by Gasteiger charge is -2.22. The van der Waals surface area contributed by atoms with Crippen molar-refractivity contribution in [3.8, 4) is 0 Å². The molecule has 0 unspecified atom stereocenters. The largest absolute Gasteiger partial charge is 0.462 e. The average molecular weight is 391 g/mol. The predicted molar refractivity (Wildman–Crippen MR) is 97.0 cm³/mol. The lowest BCUT2D eigenvalue weighted by molar-refractivity contribution is -0.120. The predicted octanol–water partition coefficient (Wildman–Crippen LogP) is 1.63. The van der Waals surface area contributed by atoms with Gasteiger partial charge < -0.3 is 15.4 Å². The number of halogens is 1. The highest BCUT2D eigenvalue weighted by Crippen LogP contribution is 2.22. The van der Waals surface area contributed by atoms with E-state index in [-0.39, 0.29) is 47.0 Å². The number of anilines is 1. The zero-order chi connectivity index (χ0) is 17.7. The number of benzene rings is 1. The van der Waals surface area contributed by atoms with Crippen LogP contribution in [0.1, 0.15) is 30.1 Å². The van der Waals surface area contributed by atoms with Crippen LogP contribution in [0.15, 0.2) is 23.1 Å². The van der Waals surface area contributed by atoms with Gasteiger partial charge in [-0.2, -0.15) is 0 Å². The van der Waals surface area contributed by atoms with E-state index < -0.39 is 15.8 Å². The van der Waals surface area contributed by atoms with Gasteiger partial charge in [-0.15, -0.1) is 12.4 Å². The summed E-state index contributed by atoms with van der Waals surface area (Å²) in [5, 5.41) is 5.90. The maximum absolute atomic E-state index is 12.3. The highest BCUT2D eigenvalue weighted by Gasteiger charge is 2.22. The number of hydrogen-bond acceptors (Lipinski definition) is 6. The second kappa shape index (κ2) is 9.17. The van der Waals surface area contributed by atoms with E-state index in [1.807, 2.05) is 0 Å². The molecule has 1 saturated heterocycles. The lowest BCUT2D eigenvalue weighted by atomic mass is 9.97. The van der Waals surface area contributed by atoms with Gasteiger partial charge in [-0.3, -0.25) is 4.79 Å². The number of amides is 1. The van der Waals surface area contributed by atoms with Crippen LogP contribution in [0.2, 0.25) is 0 Å². The van der Waals surface area contributed by atoms with Gasteiger partial charge in [0, 0.05) is 17.9 Å². The van der Waals surface area contributed by atoms with Crippen LogP contribution in [-0.2, 0) is 19.4 Å². The first kappa shape index (κ1) is 21.4. The third kappa shape index (κ3) is 5.98. The zero-order valence-electron chi connectivity index (χ0n) is 14.2. The maximum Gasteiger partial charge on any atom is 0.338 e. The molecule has 0 bridgehead atoms. The van der Waals surface area contributed by atoms with E-state index in [9.17, 15) is 18.0 Å². The van der Waals surface area contributed by atoms with Crippen molar-refractivity contribution in [3.63, 3.8) is 0 Å². The topological polar surface area (TPSA) is 102 Å². The van der Waals surface area contributed by atoms with Crippen LogP contribution < -0.4 is 10.6 Å². The minimum absolute atomic E-state index is 0. The van der Waals surface area contributed by atoms with Gasteiger partial charge >= 0.3 is 5.97 Å². The highest BCUT2D eigenvalue weighted by molar-refractivity contribution is 7.90. The van der Waals surface area contributed by atoms with E-state index >= 15 is 0 Å². The number of carbonyl (C=O) groups excluding carboxylic acids is 2. The Morgan fingerprint density at radius 3 is 2.44 bits per heavy atom. The van der Waals surface area contributed by atoms with E-state index in [1.165, 1.54) is 18.2 Å². The van der Waals surface area contributed by atoms with Crippen LogP contribution in [0.4, 0.5) is 5.69 Å². The first-order chi connectivity index (χ1) is 11.3. The molecule has 2 N–H and O–H groups in total. The molecule has 0 spiro atoms. The Labute approximate surface area is 153 Å². The standard InChI is InChI=1S/C16H22N2O5S.ClH/c1-3-23-16(20)12-8-13(10-14(9-12)24(2,21)22)18-15(19)11-4-6-17-7-5-11;/h8-11,17H,3-7H2,1-2H3,(H,18,19);1H. The van der Waals surface area contributed by atoms with Gasteiger partial charge in [-0.1, -0.05) is 0 Å². The Morgan fingerprint density at radius 2 is 1.88 bits per heavy atom. The summed E-state index contributed by atoms with van der Waals surface area (Å²) < 4.78 is 28.6. The van der Waals surface area contributed by atoms with Crippen molar-refractivity contribution < 1.29 is 22.7 Å². The third-order valence-corrected chi connectivity index (χ3v) is 4.92. The van der Waals surface area contributed by atoms with Crippen molar-refractivity contribution in [2.45, 2.75) is 24.7 Å². The summed E-state index contributed by atoms with van der Waals surface area (Å²) in [5.41, 5.74) is 0.380. The van der Waals surface area contributed by atoms with Crippen molar-refractivity contribution in [1.82, 2.24) is 5.32 Å². The van der Waals surface area contributed by atoms with Gasteiger partial charge in [0.1, 0.15) is 0 Å². The molecule has 0 saturated carbocycles. The quantitative estimate of drug-likeness (QED) is 0.741. The fraction of sp³-hybridized carbons (Fsp3) is 0.500. The SMILES string of the molecule is CCOC(=O)c1cc(NC(=O)C2CCNCC2)cc(S(C)(=O)=O)c1.Cl.